The topological polar surface area (TPSA) is 62.7 Å². The second-order valence-electron chi connectivity index (χ2n) is 12.7. The standard InChI is InChI=1S/C32H37N3O3/c1-31(2)15-23-16-32(3,20-31)21-35(23)28(36)19-38-30(37)29-24-11-7-8-12-26(24)33-27-13-14-34(18-25(27)29)17-22-9-5-4-6-10-22/h4-12,23H,13-21H2,1-3H3. The molecular formula is C32H37N3O3. The van der Waals surface area contributed by atoms with Crippen molar-refractivity contribution < 1.29 is 14.3 Å². The molecule has 1 saturated carbocycles. The molecule has 1 aliphatic carbocycles. The van der Waals surface area contributed by atoms with Crippen LogP contribution < -0.4 is 0 Å². The summed E-state index contributed by atoms with van der Waals surface area (Å²) in [5.41, 5.74) is 4.85. The summed E-state index contributed by atoms with van der Waals surface area (Å²) >= 11 is 0. The minimum absolute atomic E-state index is 0.0808. The summed E-state index contributed by atoms with van der Waals surface area (Å²) in [5.74, 6) is -0.508. The maximum atomic E-state index is 13.7. The molecule has 2 atom stereocenters. The van der Waals surface area contributed by atoms with Crippen molar-refractivity contribution >= 4 is 22.8 Å². The number of carbonyl (C=O) groups is 2. The van der Waals surface area contributed by atoms with E-state index in [1.807, 2.05) is 35.2 Å². The third-order valence-corrected chi connectivity index (χ3v) is 8.64. The van der Waals surface area contributed by atoms with Gasteiger partial charge in [-0.1, -0.05) is 69.3 Å². The molecule has 6 nitrogen and oxygen atoms in total. The van der Waals surface area contributed by atoms with Crippen molar-refractivity contribution in [3.05, 3.63) is 77.0 Å². The molecule has 0 radical (unpaired) electrons. The first kappa shape index (κ1) is 25.1. The Bertz CT molecular complexity index is 1390. The van der Waals surface area contributed by atoms with Gasteiger partial charge in [0.05, 0.1) is 11.1 Å². The molecule has 0 spiro atoms. The second kappa shape index (κ2) is 9.49. The lowest BCUT2D eigenvalue weighted by molar-refractivity contribution is -0.135. The molecule has 3 aromatic rings. The number of ether oxygens (including phenoxy) is 1. The van der Waals surface area contributed by atoms with Gasteiger partial charge in [0.2, 0.25) is 0 Å². The van der Waals surface area contributed by atoms with E-state index < -0.39 is 5.97 Å². The summed E-state index contributed by atoms with van der Waals surface area (Å²) in [6.07, 6.45) is 3.93. The first-order valence-electron chi connectivity index (χ1n) is 13.8. The number of nitrogens with zero attached hydrogens (tertiary/aromatic N) is 3. The van der Waals surface area contributed by atoms with Crippen LogP contribution in [0.2, 0.25) is 0 Å². The zero-order valence-corrected chi connectivity index (χ0v) is 22.7. The number of likely N-dealkylation sites (tertiary alicyclic amines) is 1. The van der Waals surface area contributed by atoms with Crippen molar-refractivity contribution in [1.29, 1.82) is 0 Å². The van der Waals surface area contributed by atoms with Crippen LogP contribution in [0.4, 0.5) is 0 Å². The molecule has 2 aromatic carbocycles. The molecule has 1 aromatic heterocycles. The minimum Gasteiger partial charge on any atom is -0.452 e. The van der Waals surface area contributed by atoms with Crippen LogP contribution in [0.3, 0.4) is 0 Å². The van der Waals surface area contributed by atoms with Gasteiger partial charge in [-0.25, -0.2) is 4.79 Å². The van der Waals surface area contributed by atoms with Crippen molar-refractivity contribution in [2.75, 3.05) is 19.7 Å². The van der Waals surface area contributed by atoms with Crippen LogP contribution in [-0.4, -0.2) is 52.4 Å². The van der Waals surface area contributed by atoms with Crippen molar-refractivity contribution in [2.24, 2.45) is 10.8 Å². The zero-order valence-electron chi connectivity index (χ0n) is 22.7. The smallest absolute Gasteiger partial charge is 0.339 e. The Kier molecular flexibility index (Phi) is 6.26. The highest BCUT2D eigenvalue weighted by Gasteiger charge is 2.51. The lowest BCUT2D eigenvalue weighted by atomic mass is 9.65. The average Bonchev–Trinajstić information content (AvgIpc) is 3.14. The van der Waals surface area contributed by atoms with Crippen LogP contribution in [0.5, 0.6) is 0 Å². The number of hydrogen-bond acceptors (Lipinski definition) is 5. The Morgan fingerprint density at radius 2 is 1.79 bits per heavy atom. The number of pyridine rings is 1. The van der Waals surface area contributed by atoms with E-state index in [1.165, 1.54) is 5.56 Å². The number of fused-ring (bicyclic) bond motifs is 4. The highest BCUT2D eigenvalue weighted by atomic mass is 16.5. The lowest BCUT2D eigenvalue weighted by Gasteiger charge is -2.39. The molecule has 2 unspecified atom stereocenters. The predicted octanol–water partition coefficient (Wildman–Crippen LogP) is 5.38. The highest BCUT2D eigenvalue weighted by Crippen LogP contribution is 2.52. The Morgan fingerprint density at radius 1 is 1.03 bits per heavy atom. The van der Waals surface area contributed by atoms with Crippen LogP contribution in [0.25, 0.3) is 10.9 Å². The molecular weight excluding hydrogens is 474 g/mol. The fraction of sp³-hybridized carbons (Fsp3) is 0.469. The number of hydrogen-bond donors (Lipinski definition) is 0. The van der Waals surface area contributed by atoms with Gasteiger partial charge in [-0.05, 0) is 41.7 Å². The largest absolute Gasteiger partial charge is 0.452 e. The fourth-order valence-electron chi connectivity index (χ4n) is 7.49. The van der Waals surface area contributed by atoms with Crippen LogP contribution in [0.15, 0.2) is 54.6 Å². The third-order valence-electron chi connectivity index (χ3n) is 8.64. The molecule has 1 saturated heterocycles. The van der Waals surface area contributed by atoms with Gasteiger partial charge in [0, 0.05) is 55.3 Å². The molecule has 198 valence electrons. The molecule has 2 fully saturated rings. The molecule has 1 amide bonds. The normalized spacial score (nSPS) is 24.3. The second-order valence-corrected chi connectivity index (χ2v) is 12.7. The fourth-order valence-corrected chi connectivity index (χ4v) is 7.49. The maximum absolute atomic E-state index is 13.7. The van der Waals surface area contributed by atoms with Crippen LogP contribution >= 0.6 is 0 Å². The number of para-hydroxylation sites is 1. The molecule has 38 heavy (non-hydrogen) atoms. The summed E-state index contributed by atoms with van der Waals surface area (Å²) in [6.45, 7) is 9.73. The van der Waals surface area contributed by atoms with Gasteiger partial charge in [0.1, 0.15) is 0 Å². The van der Waals surface area contributed by atoms with Crippen molar-refractivity contribution in [1.82, 2.24) is 14.8 Å². The zero-order chi connectivity index (χ0) is 26.5. The monoisotopic (exact) mass is 511 g/mol. The Labute approximate surface area is 225 Å². The number of esters is 1. The van der Waals surface area contributed by atoms with E-state index in [0.717, 1.165) is 67.5 Å². The molecule has 3 heterocycles. The van der Waals surface area contributed by atoms with Gasteiger partial charge >= 0.3 is 5.97 Å². The number of amides is 1. The maximum Gasteiger partial charge on any atom is 0.339 e. The summed E-state index contributed by atoms with van der Waals surface area (Å²) < 4.78 is 5.79. The molecule has 3 aliphatic rings. The highest BCUT2D eigenvalue weighted by molar-refractivity contribution is 6.05. The average molecular weight is 512 g/mol. The molecule has 0 N–H and O–H groups in total. The number of carbonyl (C=O) groups excluding carboxylic acids is 2. The third kappa shape index (κ3) is 4.82. The number of benzene rings is 2. The van der Waals surface area contributed by atoms with E-state index in [2.05, 4.69) is 49.9 Å². The van der Waals surface area contributed by atoms with Gasteiger partial charge in [0.25, 0.3) is 5.91 Å². The SMILES string of the molecule is CC1(C)CC2CC(C)(CN2C(=O)COC(=O)c2c3c(nc4ccccc24)CCN(Cc2ccccc2)C3)C1. The summed E-state index contributed by atoms with van der Waals surface area (Å²) in [6, 6.07) is 18.4. The van der Waals surface area contributed by atoms with E-state index in [9.17, 15) is 9.59 Å². The number of aromatic nitrogens is 1. The van der Waals surface area contributed by atoms with Gasteiger partial charge in [-0.15, -0.1) is 0 Å². The van der Waals surface area contributed by atoms with Gasteiger partial charge in [0.15, 0.2) is 6.61 Å². The Balaban J connectivity index is 1.23. The van der Waals surface area contributed by atoms with E-state index >= 15 is 0 Å². The van der Waals surface area contributed by atoms with Gasteiger partial charge in [-0.3, -0.25) is 14.7 Å². The van der Waals surface area contributed by atoms with Crippen LogP contribution in [0.1, 0.15) is 67.2 Å². The number of rotatable bonds is 5. The molecule has 6 heteroatoms. The van der Waals surface area contributed by atoms with Gasteiger partial charge in [-0.2, -0.15) is 0 Å². The summed E-state index contributed by atoms with van der Waals surface area (Å²) in [7, 11) is 0. The minimum atomic E-state index is -0.427. The first-order chi connectivity index (χ1) is 18.2. The molecule has 6 rings (SSSR count). The van der Waals surface area contributed by atoms with Crippen LogP contribution in [-0.2, 0) is 29.0 Å². The van der Waals surface area contributed by atoms with E-state index in [0.29, 0.717) is 12.1 Å². The molecule has 2 aliphatic heterocycles. The van der Waals surface area contributed by atoms with E-state index in [1.54, 1.807) is 0 Å². The van der Waals surface area contributed by atoms with E-state index in [-0.39, 0.29) is 29.4 Å². The predicted molar refractivity (Wildman–Crippen MR) is 148 cm³/mol. The molecule has 2 bridgehead atoms. The van der Waals surface area contributed by atoms with Crippen molar-refractivity contribution in [3.8, 4) is 0 Å². The lowest BCUT2D eigenvalue weighted by Crippen LogP contribution is -2.40. The summed E-state index contributed by atoms with van der Waals surface area (Å²) in [4.78, 5) is 36.2. The van der Waals surface area contributed by atoms with E-state index in [4.69, 9.17) is 9.72 Å². The van der Waals surface area contributed by atoms with Crippen molar-refractivity contribution in [2.45, 2.75) is 65.6 Å². The quantitative estimate of drug-likeness (QED) is 0.431. The first-order valence-corrected chi connectivity index (χ1v) is 13.8. The van der Waals surface area contributed by atoms with Crippen molar-refractivity contribution in [3.63, 3.8) is 0 Å². The summed E-state index contributed by atoms with van der Waals surface area (Å²) in [5, 5.41) is 0.788. The van der Waals surface area contributed by atoms with Crippen LogP contribution in [0, 0.1) is 10.8 Å². The Hall–Kier alpha value is -3.25. The Morgan fingerprint density at radius 3 is 2.61 bits per heavy atom. The van der Waals surface area contributed by atoms with Gasteiger partial charge < -0.3 is 9.64 Å².